The first-order valence-corrected chi connectivity index (χ1v) is 6.32. The van der Waals surface area contributed by atoms with Crippen LogP contribution in [-0.4, -0.2) is 17.7 Å². The molecule has 2 aromatic rings. The molecule has 3 N–H and O–H groups in total. The third-order valence-corrected chi connectivity index (χ3v) is 2.89. The lowest BCUT2D eigenvalue weighted by Gasteiger charge is -2.21. The van der Waals surface area contributed by atoms with Crippen LogP contribution < -0.4 is 10.6 Å². The number of carbonyl (C=O) groups is 1. The van der Waals surface area contributed by atoms with E-state index in [4.69, 9.17) is 9.68 Å². The number of anilines is 1. The molecule has 0 spiro atoms. The molecule has 1 aromatic carbocycles. The van der Waals surface area contributed by atoms with Crippen LogP contribution in [0.3, 0.4) is 0 Å². The Labute approximate surface area is 122 Å². The number of nitrogens with one attached hydrogen (secondary N) is 2. The van der Waals surface area contributed by atoms with Crippen LogP contribution in [0.2, 0.25) is 0 Å². The molecule has 0 saturated carbocycles. The highest BCUT2D eigenvalue weighted by atomic mass is 16.4. The Morgan fingerprint density at radius 2 is 2.24 bits per heavy atom. The highest BCUT2D eigenvalue weighted by Crippen LogP contribution is 2.19. The molecule has 0 bridgehead atoms. The van der Waals surface area contributed by atoms with E-state index in [-0.39, 0.29) is 6.54 Å². The molecule has 2 amide bonds. The van der Waals surface area contributed by atoms with E-state index in [1.165, 1.54) is 6.26 Å². The van der Waals surface area contributed by atoms with Gasteiger partial charge in [0.15, 0.2) is 0 Å². The molecule has 0 saturated heterocycles. The van der Waals surface area contributed by atoms with Crippen LogP contribution in [0.1, 0.15) is 18.2 Å². The smallest absolute Gasteiger partial charge is 0.319 e. The maximum absolute atomic E-state index is 11.8. The molecule has 0 aliphatic heterocycles. The second-order valence-corrected chi connectivity index (χ2v) is 4.75. The van der Waals surface area contributed by atoms with E-state index in [1.807, 2.05) is 6.07 Å². The fraction of sp³-hybridized carbons (Fsp3) is 0.200. The quantitative estimate of drug-likeness (QED) is 0.801. The van der Waals surface area contributed by atoms with Crippen LogP contribution >= 0.6 is 0 Å². The summed E-state index contributed by atoms with van der Waals surface area (Å²) in [7, 11) is 0. The van der Waals surface area contributed by atoms with Crippen molar-refractivity contribution in [1.82, 2.24) is 5.32 Å². The second kappa shape index (κ2) is 6.11. The Kier molecular flexibility index (Phi) is 4.26. The third kappa shape index (κ3) is 3.84. The zero-order valence-electron chi connectivity index (χ0n) is 11.5. The van der Waals surface area contributed by atoms with Gasteiger partial charge in [0.25, 0.3) is 0 Å². The highest BCUT2D eigenvalue weighted by molar-refractivity contribution is 5.89. The summed E-state index contributed by atoms with van der Waals surface area (Å²) in [6.07, 6.45) is 1.46. The van der Waals surface area contributed by atoms with Crippen molar-refractivity contribution in [3.63, 3.8) is 0 Å². The van der Waals surface area contributed by atoms with Crippen molar-refractivity contribution in [2.75, 3.05) is 11.9 Å². The largest absolute Gasteiger partial charge is 0.466 e. The van der Waals surface area contributed by atoms with Crippen molar-refractivity contribution >= 4 is 11.7 Å². The number of urea groups is 1. The lowest BCUT2D eigenvalue weighted by atomic mass is 10.0. The van der Waals surface area contributed by atoms with Crippen molar-refractivity contribution in [1.29, 1.82) is 5.26 Å². The fourth-order valence-electron chi connectivity index (χ4n) is 1.77. The van der Waals surface area contributed by atoms with Crippen molar-refractivity contribution in [2.24, 2.45) is 0 Å². The molecule has 0 fully saturated rings. The molecule has 0 unspecified atom stereocenters. The molecule has 1 aromatic heterocycles. The number of rotatable bonds is 4. The van der Waals surface area contributed by atoms with Gasteiger partial charge in [-0.05, 0) is 37.3 Å². The van der Waals surface area contributed by atoms with Crippen LogP contribution in [0, 0.1) is 11.3 Å². The van der Waals surface area contributed by atoms with E-state index >= 15 is 0 Å². The summed E-state index contributed by atoms with van der Waals surface area (Å²) < 4.78 is 5.12. The second-order valence-electron chi connectivity index (χ2n) is 4.75. The number of amides is 2. The predicted molar refractivity (Wildman–Crippen MR) is 76.5 cm³/mol. The molecule has 21 heavy (non-hydrogen) atoms. The lowest BCUT2D eigenvalue weighted by Crippen LogP contribution is -2.40. The zero-order chi connectivity index (χ0) is 15.3. The minimum atomic E-state index is -1.30. The van der Waals surface area contributed by atoms with Gasteiger partial charge in [0, 0.05) is 5.69 Å². The summed E-state index contributed by atoms with van der Waals surface area (Å²) in [5, 5.41) is 24.1. The van der Waals surface area contributed by atoms with E-state index in [0.29, 0.717) is 17.0 Å². The van der Waals surface area contributed by atoms with E-state index in [1.54, 1.807) is 43.3 Å². The van der Waals surface area contributed by atoms with Crippen LogP contribution in [0.4, 0.5) is 10.5 Å². The normalized spacial score (nSPS) is 13.0. The maximum atomic E-state index is 11.8. The van der Waals surface area contributed by atoms with E-state index in [9.17, 15) is 9.90 Å². The Morgan fingerprint density at radius 3 is 2.90 bits per heavy atom. The Bertz CT molecular complexity index is 657. The number of carbonyl (C=O) groups excluding carboxylic acids is 1. The monoisotopic (exact) mass is 285 g/mol. The summed E-state index contributed by atoms with van der Waals surface area (Å²) in [6.45, 7) is 1.53. The molecule has 1 atom stereocenters. The Balaban J connectivity index is 1.92. The first kappa shape index (κ1) is 14.6. The first-order valence-electron chi connectivity index (χ1n) is 6.32. The molecular formula is C15H15N3O3. The summed E-state index contributed by atoms with van der Waals surface area (Å²) >= 11 is 0. The fourth-order valence-corrected chi connectivity index (χ4v) is 1.77. The molecule has 6 heteroatoms. The number of benzene rings is 1. The average Bonchev–Trinajstić information content (AvgIpc) is 3.00. The van der Waals surface area contributed by atoms with Crippen molar-refractivity contribution in [2.45, 2.75) is 12.5 Å². The third-order valence-electron chi connectivity index (χ3n) is 2.89. The van der Waals surface area contributed by atoms with Crippen LogP contribution in [0.25, 0.3) is 0 Å². The minimum Gasteiger partial charge on any atom is -0.466 e. The van der Waals surface area contributed by atoms with E-state index in [0.717, 1.165) is 0 Å². The van der Waals surface area contributed by atoms with Gasteiger partial charge in [-0.25, -0.2) is 4.79 Å². The summed E-state index contributed by atoms with van der Waals surface area (Å²) in [6, 6.07) is 11.4. The van der Waals surface area contributed by atoms with Crippen LogP contribution in [0.5, 0.6) is 0 Å². The van der Waals surface area contributed by atoms with Gasteiger partial charge < -0.3 is 20.2 Å². The summed E-state index contributed by atoms with van der Waals surface area (Å²) in [5.41, 5.74) is -0.338. The molecule has 0 radical (unpaired) electrons. The first-order chi connectivity index (χ1) is 10.0. The van der Waals surface area contributed by atoms with Crippen molar-refractivity contribution in [3.8, 4) is 6.07 Å². The van der Waals surface area contributed by atoms with Gasteiger partial charge in [-0.1, -0.05) is 6.07 Å². The van der Waals surface area contributed by atoms with Gasteiger partial charge in [0.05, 0.1) is 24.4 Å². The maximum Gasteiger partial charge on any atom is 0.319 e. The minimum absolute atomic E-state index is 0.00964. The van der Waals surface area contributed by atoms with Crippen LogP contribution in [0.15, 0.2) is 47.1 Å². The van der Waals surface area contributed by atoms with Gasteiger partial charge in [0.1, 0.15) is 11.4 Å². The molecule has 0 aliphatic rings. The highest BCUT2D eigenvalue weighted by Gasteiger charge is 2.26. The van der Waals surface area contributed by atoms with E-state index in [2.05, 4.69) is 10.6 Å². The zero-order valence-corrected chi connectivity index (χ0v) is 11.5. The van der Waals surface area contributed by atoms with Crippen LogP contribution in [-0.2, 0) is 5.60 Å². The number of nitriles is 1. The molecule has 2 rings (SSSR count). The Morgan fingerprint density at radius 1 is 1.43 bits per heavy atom. The number of furan rings is 1. The topological polar surface area (TPSA) is 98.3 Å². The van der Waals surface area contributed by atoms with Gasteiger partial charge in [-0.3, -0.25) is 0 Å². The number of hydrogen-bond donors (Lipinski definition) is 3. The standard InChI is InChI=1S/C15H15N3O3/c1-15(20,13-6-3-7-21-13)10-17-14(19)18-12-5-2-4-11(8-12)9-16/h2-8,20H,10H2,1H3,(H2,17,18,19)/t15-/m1/s1. The van der Waals surface area contributed by atoms with Gasteiger partial charge in [-0.15, -0.1) is 0 Å². The van der Waals surface area contributed by atoms with Gasteiger partial charge in [-0.2, -0.15) is 5.26 Å². The molecule has 6 nitrogen and oxygen atoms in total. The average molecular weight is 285 g/mol. The SMILES string of the molecule is C[C@@](O)(CNC(=O)Nc1cccc(C#N)c1)c1ccco1. The number of nitrogens with zero attached hydrogens (tertiary/aromatic N) is 1. The lowest BCUT2D eigenvalue weighted by molar-refractivity contribution is 0.0372. The van der Waals surface area contributed by atoms with E-state index < -0.39 is 11.6 Å². The van der Waals surface area contributed by atoms with Crippen molar-refractivity contribution in [3.05, 3.63) is 54.0 Å². The molecule has 1 heterocycles. The summed E-state index contributed by atoms with van der Waals surface area (Å²) in [4.78, 5) is 11.8. The molecule has 0 aliphatic carbocycles. The molecular weight excluding hydrogens is 270 g/mol. The summed E-state index contributed by atoms with van der Waals surface area (Å²) in [5.74, 6) is 0.370. The number of aliphatic hydroxyl groups is 1. The van der Waals surface area contributed by atoms with Gasteiger partial charge >= 0.3 is 6.03 Å². The molecule has 108 valence electrons. The number of hydrogen-bond acceptors (Lipinski definition) is 4. The Hall–Kier alpha value is -2.78. The van der Waals surface area contributed by atoms with Crippen molar-refractivity contribution < 1.29 is 14.3 Å². The van der Waals surface area contributed by atoms with Gasteiger partial charge in [0.2, 0.25) is 0 Å². The predicted octanol–water partition coefficient (Wildman–Crippen LogP) is 2.18.